The first kappa shape index (κ1) is 16.5. The normalized spacial score (nSPS) is 18.5. The van der Waals surface area contributed by atoms with Gasteiger partial charge in [0.25, 0.3) is 0 Å². The minimum absolute atomic E-state index is 0.0349. The first-order valence-electron chi connectivity index (χ1n) is 7.79. The second-order valence-electron chi connectivity index (χ2n) is 5.83. The predicted octanol–water partition coefficient (Wildman–Crippen LogP) is 1.97. The molecule has 0 aliphatic carbocycles. The summed E-state index contributed by atoms with van der Waals surface area (Å²) in [6, 6.07) is 3.46. The lowest BCUT2D eigenvalue weighted by molar-refractivity contribution is -0.126. The number of aromatic nitrogens is 2. The standard InChI is InChI=1S/C16H18F2N4O2/c1-19-16(23)11-3-2-6-22(8-11)9-14-20-15(21-24-14)10-4-5-12(17)13(18)7-10/h4-5,7,11H,2-3,6,8-9H2,1H3,(H,19,23). The zero-order valence-electron chi connectivity index (χ0n) is 13.3. The molecule has 1 saturated heterocycles. The van der Waals surface area contributed by atoms with Crippen molar-refractivity contribution >= 4 is 5.91 Å². The van der Waals surface area contributed by atoms with Crippen molar-refractivity contribution < 1.29 is 18.1 Å². The predicted molar refractivity (Wildman–Crippen MR) is 81.7 cm³/mol. The van der Waals surface area contributed by atoms with Crippen LogP contribution in [0.2, 0.25) is 0 Å². The monoisotopic (exact) mass is 336 g/mol. The van der Waals surface area contributed by atoms with E-state index in [-0.39, 0.29) is 17.6 Å². The zero-order chi connectivity index (χ0) is 17.1. The summed E-state index contributed by atoms with van der Waals surface area (Å²) in [5.41, 5.74) is 0.353. The molecule has 1 amide bonds. The molecule has 0 spiro atoms. The van der Waals surface area contributed by atoms with E-state index in [2.05, 4.69) is 20.4 Å². The van der Waals surface area contributed by atoms with Crippen LogP contribution < -0.4 is 5.32 Å². The van der Waals surface area contributed by atoms with E-state index in [0.29, 0.717) is 24.5 Å². The molecule has 1 atom stereocenters. The minimum atomic E-state index is -0.955. The van der Waals surface area contributed by atoms with Crippen LogP contribution in [0.25, 0.3) is 11.4 Å². The molecule has 1 aliphatic heterocycles. The second kappa shape index (κ2) is 7.04. The van der Waals surface area contributed by atoms with Gasteiger partial charge < -0.3 is 9.84 Å². The molecular formula is C16H18F2N4O2. The molecule has 2 heterocycles. The van der Waals surface area contributed by atoms with Crippen molar-refractivity contribution in [3.8, 4) is 11.4 Å². The maximum atomic E-state index is 13.3. The SMILES string of the molecule is CNC(=O)C1CCCN(Cc2nc(-c3ccc(F)c(F)c3)no2)C1. The van der Waals surface area contributed by atoms with Crippen molar-refractivity contribution in [2.45, 2.75) is 19.4 Å². The zero-order valence-corrected chi connectivity index (χ0v) is 13.3. The van der Waals surface area contributed by atoms with Crippen LogP contribution >= 0.6 is 0 Å². The fourth-order valence-corrected chi connectivity index (χ4v) is 2.88. The van der Waals surface area contributed by atoms with Crippen molar-refractivity contribution in [1.82, 2.24) is 20.4 Å². The van der Waals surface area contributed by atoms with Crippen molar-refractivity contribution in [2.24, 2.45) is 5.92 Å². The van der Waals surface area contributed by atoms with Gasteiger partial charge >= 0.3 is 0 Å². The van der Waals surface area contributed by atoms with Crippen LogP contribution in [-0.2, 0) is 11.3 Å². The number of carbonyl (C=O) groups is 1. The van der Waals surface area contributed by atoms with Crippen molar-refractivity contribution in [2.75, 3.05) is 20.1 Å². The molecule has 6 nitrogen and oxygen atoms in total. The first-order chi connectivity index (χ1) is 11.6. The van der Waals surface area contributed by atoms with Crippen LogP contribution in [0, 0.1) is 17.6 Å². The Labute approximate surface area is 137 Å². The summed E-state index contributed by atoms with van der Waals surface area (Å²) < 4.78 is 31.5. The molecule has 8 heteroatoms. The van der Waals surface area contributed by atoms with Crippen LogP contribution in [0.1, 0.15) is 18.7 Å². The van der Waals surface area contributed by atoms with Crippen LogP contribution in [0.5, 0.6) is 0 Å². The quantitative estimate of drug-likeness (QED) is 0.924. The molecule has 1 unspecified atom stereocenters. The van der Waals surface area contributed by atoms with Gasteiger partial charge in [0.2, 0.25) is 17.6 Å². The summed E-state index contributed by atoms with van der Waals surface area (Å²) in [5.74, 6) is -1.29. The third kappa shape index (κ3) is 3.59. The summed E-state index contributed by atoms with van der Waals surface area (Å²) in [6.45, 7) is 1.89. The summed E-state index contributed by atoms with van der Waals surface area (Å²) in [7, 11) is 1.63. The van der Waals surface area contributed by atoms with Gasteiger partial charge in [0.05, 0.1) is 12.5 Å². The Bertz CT molecular complexity index is 735. The van der Waals surface area contributed by atoms with E-state index in [1.807, 2.05) is 0 Å². The number of benzene rings is 1. The lowest BCUT2D eigenvalue weighted by Gasteiger charge is -2.30. The number of hydrogen-bond acceptors (Lipinski definition) is 5. The van der Waals surface area contributed by atoms with Gasteiger partial charge in [0, 0.05) is 19.2 Å². The summed E-state index contributed by atoms with van der Waals surface area (Å²) in [6.07, 6.45) is 1.78. The van der Waals surface area contributed by atoms with Crippen molar-refractivity contribution in [3.05, 3.63) is 35.7 Å². The number of piperidine rings is 1. The fourth-order valence-electron chi connectivity index (χ4n) is 2.88. The van der Waals surface area contributed by atoms with E-state index in [1.54, 1.807) is 7.05 Å². The first-order valence-corrected chi connectivity index (χ1v) is 7.79. The largest absolute Gasteiger partial charge is 0.359 e. The van der Waals surface area contributed by atoms with Gasteiger partial charge in [-0.25, -0.2) is 8.78 Å². The van der Waals surface area contributed by atoms with Gasteiger partial charge in [-0.15, -0.1) is 0 Å². The Hall–Kier alpha value is -2.35. The Morgan fingerprint density at radius 2 is 2.25 bits per heavy atom. The minimum Gasteiger partial charge on any atom is -0.359 e. The molecule has 1 aliphatic rings. The molecule has 2 aromatic rings. The second-order valence-corrected chi connectivity index (χ2v) is 5.83. The molecule has 3 rings (SSSR count). The molecule has 1 aromatic carbocycles. The third-order valence-corrected chi connectivity index (χ3v) is 4.13. The van der Waals surface area contributed by atoms with Crippen LogP contribution in [-0.4, -0.2) is 41.1 Å². The molecule has 0 saturated carbocycles. The Morgan fingerprint density at radius 3 is 3.00 bits per heavy atom. The number of amides is 1. The van der Waals surface area contributed by atoms with E-state index in [9.17, 15) is 13.6 Å². The molecule has 128 valence electrons. The van der Waals surface area contributed by atoms with Gasteiger partial charge in [-0.3, -0.25) is 9.69 Å². The molecular weight excluding hydrogens is 318 g/mol. The summed E-state index contributed by atoms with van der Waals surface area (Å²) in [4.78, 5) is 18.1. The highest BCUT2D eigenvalue weighted by molar-refractivity contribution is 5.78. The molecule has 1 N–H and O–H groups in total. The van der Waals surface area contributed by atoms with Gasteiger partial charge in [-0.2, -0.15) is 4.98 Å². The van der Waals surface area contributed by atoms with Crippen LogP contribution in [0.15, 0.2) is 22.7 Å². The average molecular weight is 336 g/mol. The van der Waals surface area contributed by atoms with Gasteiger partial charge in [0.1, 0.15) is 0 Å². The molecule has 1 aromatic heterocycles. The number of hydrogen-bond donors (Lipinski definition) is 1. The maximum Gasteiger partial charge on any atom is 0.241 e. The third-order valence-electron chi connectivity index (χ3n) is 4.13. The van der Waals surface area contributed by atoms with Crippen LogP contribution in [0.4, 0.5) is 8.78 Å². The highest BCUT2D eigenvalue weighted by Crippen LogP contribution is 2.21. The molecule has 24 heavy (non-hydrogen) atoms. The van der Waals surface area contributed by atoms with Gasteiger partial charge in [-0.1, -0.05) is 5.16 Å². The summed E-state index contributed by atoms with van der Waals surface area (Å²) >= 11 is 0. The van der Waals surface area contributed by atoms with Crippen molar-refractivity contribution in [3.63, 3.8) is 0 Å². The number of carbonyl (C=O) groups excluding carboxylic acids is 1. The lowest BCUT2D eigenvalue weighted by Crippen LogP contribution is -2.41. The highest BCUT2D eigenvalue weighted by atomic mass is 19.2. The van der Waals surface area contributed by atoms with E-state index >= 15 is 0 Å². The summed E-state index contributed by atoms with van der Waals surface area (Å²) in [5, 5.41) is 6.48. The number of nitrogens with one attached hydrogen (secondary N) is 1. The van der Waals surface area contributed by atoms with E-state index in [1.165, 1.54) is 6.07 Å². The fraction of sp³-hybridized carbons (Fsp3) is 0.438. The molecule has 0 radical (unpaired) electrons. The highest BCUT2D eigenvalue weighted by Gasteiger charge is 2.26. The Kier molecular flexibility index (Phi) is 4.84. The lowest BCUT2D eigenvalue weighted by atomic mass is 9.97. The smallest absolute Gasteiger partial charge is 0.241 e. The number of nitrogens with zero attached hydrogens (tertiary/aromatic N) is 3. The number of halogens is 2. The van der Waals surface area contributed by atoms with Gasteiger partial charge in [-0.05, 0) is 37.6 Å². The van der Waals surface area contributed by atoms with E-state index in [4.69, 9.17) is 4.52 Å². The van der Waals surface area contributed by atoms with E-state index < -0.39 is 11.6 Å². The molecule has 1 fully saturated rings. The Balaban J connectivity index is 1.67. The van der Waals surface area contributed by atoms with Crippen molar-refractivity contribution in [1.29, 1.82) is 0 Å². The van der Waals surface area contributed by atoms with E-state index in [0.717, 1.165) is 31.5 Å². The Morgan fingerprint density at radius 1 is 1.42 bits per heavy atom. The average Bonchev–Trinajstić information content (AvgIpc) is 3.05. The maximum absolute atomic E-state index is 13.3. The topological polar surface area (TPSA) is 71.3 Å². The van der Waals surface area contributed by atoms with Crippen LogP contribution in [0.3, 0.4) is 0 Å². The number of rotatable bonds is 4. The van der Waals surface area contributed by atoms with Gasteiger partial charge in [0.15, 0.2) is 11.6 Å². The number of likely N-dealkylation sites (tertiary alicyclic amines) is 1. The molecule has 0 bridgehead atoms.